The zero-order valence-electron chi connectivity index (χ0n) is 19.0. The first-order valence-electron chi connectivity index (χ1n) is 11.1. The maximum absolute atomic E-state index is 13.1. The van der Waals surface area contributed by atoms with Gasteiger partial charge in [0.1, 0.15) is 23.6 Å². The number of nitriles is 1. The van der Waals surface area contributed by atoms with Crippen molar-refractivity contribution in [2.75, 3.05) is 18.5 Å². The van der Waals surface area contributed by atoms with Gasteiger partial charge in [0.25, 0.3) is 5.91 Å². The second-order valence-corrected chi connectivity index (χ2v) is 8.17. The van der Waals surface area contributed by atoms with Crippen LogP contribution in [0.1, 0.15) is 40.3 Å². The minimum absolute atomic E-state index is 0.206. The van der Waals surface area contributed by atoms with E-state index in [-0.39, 0.29) is 11.9 Å². The topological polar surface area (TPSA) is 107 Å². The van der Waals surface area contributed by atoms with E-state index >= 15 is 0 Å². The Morgan fingerprint density at radius 3 is 2.88 bits per heavy atom. The Kier molecular flexibility index (Phi) is 5.74. The summed E-state index contributed by atoms with van der Waals surface area (Å²) in [6.07, 6.45) is 0. The quantitative estimate of drug-likeness (QED) is 0.453. The number of imidazole rings is 1. The van der Waals surface area contributed by atoms with E-state index in [1.54, 1.807) is 22.9 Å². The number of aromatic nitrogens is 4. The standard InChI is InChI=1S/C25H24N6O3/c1-3-30-21(9-16(2)29-30)24(32)28-25-27-20-10-18(12-26)11-22-23(20)31(25)19(15-34-22)14-33-13-17-7-5-4-6-8-17/h4-11,19H,3,13-15H2,1-2H3,(H,27,28,32)/t19-/m0/s1. The van der Waals surface area contributed by atoms with Gasteiger partial charge in [0.05, 0.1) is 42.1 Å². The van der Waals surface area contributed by atoms with E-state index in [0.29, 0.717) is 54.8 Å². The van der Waals surface area contributed by atoms with Crippen LogP contribution in [-0.4, -0.2) is 38.5 Å². The molecule has 172 valence electrons. The van der Waals surface area contributed by atoms with Crippen LogP contribution in [0, 0.1) is 18.3 Å². The number of anilines is 1. The fraction of sp³-hybridized carbons (Fsp3) is 0.280. The van der Waals surface area contributed by atoms with Crippen LogP contribution in [-0.2, 0) is 17.9 Å². The van der Waals surface area contributed by atoms with E-state index in [9.17, 15) is 10.1 Å². The van der Waals surface area contributed by atoms with E-state index in [4.69, 9.17) is 9.47 Å². The van der Waals surface area contributed by atoms with Gasteiger partial charge in [-0.05, 0) is 31.5 Å². The number of hydrogen-bond acceptors (Lipinski definition) is 6. The molecule has 0 spiro atoms. The molecule has 2 aromatic carbocycles. The van der Waals surface area contributed by atoms with Crippen LogP contribution in [0.3, 0.4) is 0 Å². The van der Waals surface area contributed by atoms with Crippen LogP contribution in [0.25, 0.3) is 11.0 Å². The molecule has 0 fully saturated rings. The van der Waals surface area contributed by atoms with Crippen molar-refractivity contribution in [2.45, 2.75) is 33.0 Å². The zero-order chi connectivity index (χ0) is 23.7. The predicted octanol–water partition coefficient (Wildman–Crippen LogP) is 3.84. The summed E-state index contributed by atoms with van der Waals surface area (Å²) < 4.78 is 15.6. The average molecular weight is 457 g/mol. The van der Waals surface area contributed by atoms with Gasteiger partial charge in [-0.3, -0.25) is 19.4 Å². The normalized spacial score (nSPS) is 14.6. The van der Waals surface area contributed by atoms with Crippen LogP contribution in [0.5, 0.6) is 5.75 Å². The van der Waals surface area contributed by atoms with Crippen molar-refractivity contribution in [3.8, 4) is 11.8 Å². The fourth-order valence-corrected chi connectivity index (χ4v) is 4.22. The largest absolute Gasteiger partial charge is 0.489 e. The summed E-state index contributed by atoms with van der Waals surface area (Å²) in [5, 5.41) is 16.7. The molecule has 0 radical (unpaired) electrons. The molecular formula is C25H24N6O3. The number of aryl methyl sites for hydroxylation is 2. The molecule has 1 N–H and O–H groups in total. The number of benzene rings is 2. The third kappa shape index (κ3) is 4.00. The Hall–Kier alpha value is -4.16. The highest BCUT2D eigenvalue weighted by atomic mass is 16.5. The van der Waals surface area contributed by atoms with E-state index < -0.39 is 0 Å². The number of amides is 1. The smallest absolute Gasteiger partial charge is 0.276 e. The molecule has 0 unspecified atom stereocenters. The van der Waals surface area contributed by atoms with E-state index in [1.165, 1.54) is 0 Å². The second kappa shape index (κ2) is 9.00. The van der Waals surface area contributed by atoms with Crippen LogP contribution >= 0.6 is 0 Å². The lowest BCUT2D eigenvalue weighted by atomic mass is 10.1. The van der Waals surface area contributed by atoms with E-state index in [2.05, 4.69) is 21.5 Å². The van der Waals surface area contributed by atoms with E-state index in [0.717, 1.165) is 16.8 Å². The molecule has 0 saturated heterocycles. The maximum atomic E-state index is 13.1. The number of ether oxygens (including phenoxy) is 2. The van der Waals surface area contributed by atoms with Gasteiger partial charge in [0, 0.05) is 12.6 Å². The highest BCUT2D eigenvalue weighted by molar-refractivity contribution is 6.03. The van der Waals surface area contributed by atoms with Crippen LogP contribution in [0.4, 0.5) is 5.95 Å². The highest BCUT2D eigenvalue weighted by Gasteiger charge is 2.29. The molecule has 5 rings (SSSR count). The van der Waals surface area contributed by atoms with Gasteiger partial charge < -0.3 is 9.47 Å². The molecule has 9 nitrogen and oxygen atoms in total. The summed E-state index contributed by atoms with van der Waals surface area (Å²) in [6, 6.07) is 17.0. The highest BCUT2D eigenvalue weighted by Crippen LogP contribution is 2.37. The Morgan fingerprint density at radius 1 is 1.29 bits per heavy atom. The molecule has 1 amide bonds. The molecule has 0 saturated carbocycles. The first-order valence-corrected chi connectivity index (χ1v) is 11.1. The SMILES string of the molecule is CCn1nc(C)cc1C(=O)Nc1nc2cc(C#N)cc3c2n1[C@@H](COCc1ccccc1)CO3. The number of rotatable bonds is 7. The molecule has 3 heterocycles. The molecular weight excluding hydrogens is 432 g/mol. The van der Waals surface area contributed by atoms with Gasteiger partial charge in [-0.1, -0.05) is 30.3 Å². The average Bonchev–Trinajstić information content (AvgIpc) is 3.42. The fourth-order valence-electron chi connectivity index (χ4n) is 4.22. The van der Waals surface area contributed by atoms with Gasteiger partial charge in [0.15, 0.2) is 0 Å². The lowest BCUT2D eigenvalue weighted by Crippen LogP contribution is -2.28. The van der Waals surface area contributed by atoms with Gasteiger partial charge in [-0.25, -0.2) is 4.98 Å². The van der Waals surface area contributed by atoms with Gasteiger partial charge in [0.2, 0.25) is 5.95 Å². The molecule has 0 aliphatic carbocycles. The number of carbonyl (C=O) groups is 1. The second-order valence-electron chi connectivity index (χ2n) is 8.17. The monoisotopic (exact) mass is 456 g/mol. The van der Waals surface area contributed by atoms with Crippen molar-refractivity contribution >= 4 is 22.9 Å². The molecule has 0 bridgehead atoms. The Morgan fingerprint density at radius 2 is 2.12 bits per heavy atom. The van der Waals surface area contributed by atoms with Crippen molar-refractivity contribution in [1.82, 2.24) is 19.3 Å². The lowest BCUT2D eigenvalue weighted by Gasteiger charge is -2.27. The van der Waals surface area contributed by atoms with Crippen LogP contribution in [0.15, 0.2) is 48.5 Å². The molecule has 4 aromatic rings. The minimum Gasteiger partial charge on any atom is -0.489 e. The molecule has 1 aliphatic rings. The summed E-state index contributed by atoms with van der Waals surface area (Å²) in [4.78, 5) is 17.8. The summed E-state index contributed by atoms with van der Waals surface area (Å²) in [5.74, 6) is 0.650. The first kappa shape index (κ1) is 21.7. The zero-order valence-corrected chi connectivity index (χ0v) is 19.0. The summed E-state index contributed by atoms with van der Waals surface area (Å²) in [5.41, 5.74) is 4.06. The lowest BCUT2D eigenvalue weighted by molar-refractivity contribution is 0.0694. The van der Waals surface area contributed by atoms with Crippen LogP contribution in [0.2, 0.25) is 0 Å². The Bertz CT molecular complexity index is 1400. The molecule has 1 aliphatic heterocycles. The van der Waals surface area contributed by atoms with Gasteiger partial charge in [-0.15, -0.1) is 0 Å². The minimum atomic E-state index is -0.300. The Labute approximate surface area is 196 Å². The van der Waals surface area contributed by atoms with Crippen molar-refractivity contribution < 1.29 is 14.3 Å². The number of nitrogens with one attached hydrogen (secondary N) is 1. The number of nitrogens with zero attached hydrogens (tertiary/aromatic N) is 5. The third-order valence-electron chi connectivity index (χ3n) is 5.76. The van der Waals surface area contributed by atoms with Crippen molar-refractivity contribution in [2.24, 2.45) is 0 Å². The molecule has 1 atom stereocenters. The van der Waals surface area contributed by atoms with Gasteiger partial charge >= 0.3 is 0 Å². The van der Waals surface area contributed by atoms with Crippen molar-refractivity contribution in [3.05, 3.63) is 71.0 Å². The summed E-state index contributed by atoms with van der Waals surface area (Å²) >= 11 is 0. The number of carbonyl (C=O) groups excluding carboxylic acids is 1. The maximum Gasteiger partial charge on any atom is 0.276 e. The van der Waals surface area contributed by atoms with Gasteiger partial charge in [-0.2, -0.15) is 10.4 Å². The van der Waals surface area contributed by atoms with Crippen molar-refractivity contribution in [3.63, 3.8) is 0 Å². The first-order chi connectivity index (χ1) is 16.6. The molecule has 9 heteroatoms. The van der Waals surface area contributed by atoms with Crippen LogP contribution < -0.4 is 10.1 Å². The Balaban J connectivity index is 1.48. The molecule has 2 aromatic heterocycles. The van der Waals surface area contributed by atoms with Crippen molar-refractivity contribution in [1.29, 1.82) is 5.26 Å². The third-order valence-corrected chi connectivity index (χ3v) is 5.76. The summed E-state index contributed by atoms with van der Waals surface area (Å²) in [7, 11) is 0. The predicted molar refractivity (Wildman–Crippen MR) is 126 cm³/mol. The summed E-state index contributed by atoms with van der Waals surface area (Å²) in [6.45, 7) is 5.53. The van der Waals surface area contributed by atoms with E-state index in [1.807, 2.05) is 48.7 Å². The molecule has 34 heavy (non-hydrogen) atoms. The number of hydrogen-bond donors (Lipinski definition) is 1.